The largest absolute Gasteiger partial charge is 0.474 e. The third-order valence-electron chi connectivity index (χ3n) is 1.30. The highest BCUT2D eigenvalue weighted by atomic mass is 35.5. The molecule has 0 aliphatic rings. The van der Waals surface area contributed by atoms with Gasteiger partial charge in [-0.15, -0.1) is 10.2 Å². The summed E-state index contributed by atoms with van der Waals surface area (Å²) in [7, 11) is 0. The van der Waals surface area contributed by atoms with Crippen LogP contribution in [0.1, 0.15) is 0 Å². The van der Waals surface area contributed by atoms with Gasteiger partial charge in [0.1, 0.15) is 12.7 Å². The van der Waals surface area contributed by atoms with E-state index in [1.54, 1.807) is 12.1 Å². The van der Waals surface area contributed by atoms with Crippen LogP contribution in [0.25, 0.3) is 0 Å². The van der Waals surface area contributed by atoms with Crippen molar-refractivity contribution in [2.24, 2.45) is 5.73 Å². The van der Waals surface area contributed by atoms with Gasteiger partial charge in [0.05, 0.1) is 0 Å². The van der Waals surface area contributed by atoms with Crippen LogP contribution in [0, 0.1) is 0 Å². The Kier molecular flexibility index (Phi) is 3.88. The molecule has 1 aromatic heterocycles. The molecule has 1 aromatic rings. The summed E-state index contributed by atoms with van der Waals surface area (Å²) in [6, 6.07) is 3.12. The Bertz CT molecular complexity index is 254. The number of ether oxygens (including phenoxy) is 1. The maximum atomic E-state index is 9.05. The van der Waals surface area contributed by atoms with Crippen molar-refractivity contribution in [1.29, 1.82) is 0 Å². The average molecular weight is 204 g/mol. The van der Waals surface area contributed by atoms with Crippen molar-refractivity contribution in [2.75, 3.05) is 13.2 Å². The predicted molar refractivity (Wildman–Crippen MR) is 47.6 cm³/mol. The number of hydrogen-bond donors (Lipinski definition) is 2. The van der Waals surface area contributed by atoms with Gasteiger partial charge in [0, 0.05) is 12.6 Å². The molecule has 0 saturated carbocycles. The number of halogens is 1. The van der Waals surface area contributed by atoms with Crippen LogP contribution in [0.2, 0.25) is 5.15 Å². The van der Waals surface area contributed by atoms with E-state index >= 15 is 0 Å². The molecule has 72 valence electrons. The molecular formula is C7H10ClN3O2. The van der Waals surface area contributed by atoms with Crippen LogP contribution in [-0.4, -0.2) is 34.6 Å². The van der Waals surface area contributed by atoms with Crippen LogP contribution < -0.4 is 10.5 Å². The second-order valence-electron chi connectivity index (χ2n) is 2.39. The van der Waals surface area contributed by atoms with E-state index in [-0.39, 0.29) is 13.2 Å². The van der Waals surface area contributed by atoms with Gasteiger partial charge < -0.3 is 15.6 Å². The third-order valence-corrected chi connectivity index (χ3v) is 1.50. The van der Waals surface area contributed by atoms with Crippen molar-refractivity contribution in [3.8, 4) is 5.88 Å². The van der Waals surface area contributed by atoms with E-state index in [1.807, 2.05) is 0 Å². The Morgan fingerprint density at radius 1 is 1.54 bits per heavy atom. The Balaban J connectivity index is 2.41. The average Bonchev–Trinajstić information content (AvgIpc) is 2.16. The van der Waals surface area contributed by atoms with Gasteiger partial charge in [0.15, 0.2) is 5.15 Å². The zero-order valence-corrected chi connectivity index (χ0v) is 7.61. The van der Waals surface area contributed by atoms with Crippen LogP contribution in [-0.2, 0) is 0 Å². The maximum Gasteiger partial charge on any atom is 0.233 e. The van der Waals surface area contributed by atoms with E-state index < -0.39 is 6.10 Å². The lowest BCUT2D eigenvalue weighted by atomic mass is 10.4. The van der Waals surface area contributed by atoms with Gasteiger partial charge in [-0.25, -0.2) is 0 Å². The molecule has 3 N–H and O–H groups in total. The van der Waals surface area contributed by atoms with Crippen LogP contribution >= 0.6 is 11.6 Å². The fourth-order valence-corrected chi connectivity index (χ4v) is 0.731. The van der Waals surface area contributed by atoms with E-state index in [9.17, 15) is 0 Å². The van der Waals surface area contributed by atoms with E-state index in [1.165, 1.54) is 0 Å². The summed E-state index contributed by atoms with van der Waals surface area (Å²) in [5, 5.41) is 16.5. The normalized spacial score (nSPS) is 12.5. The minimum absolute atomic E-state index is 0.104. The smallest absolute Gasteiger partial charge is 0.233 e. The lowest BCUT2D eigenvalue weighted by Crippen LogP contribution is -2.26. The molecule has 0 amide bonds. The fourth-order valence-electron chi connectivity index (χ4n) is 0.630. The predicted octanol–water partition coefficient (Wildman–Crippen LogP) is -0.172. The molecule has 0 radical (unpaired) electrons. The first kappa shape index (κ1) is 10.2. The van der Waals surface area contributed by atoms with Crippen molar-refractivity contribution in [3.05, 3.63) is 17.3 Å². The highest BCUT2D eigenvalue weighted by Crippen LogP contribution is 2.08. The third kappa shape index (κ3) is 3.54. The molecule has 0 aliphatic carbocycles. The summed E-state index contributed by atoms with van der Waals surface area (Å²) in [6.07, 6.45) is -0.683. The number of nitrogens with zero attached hydrogens (tertiary/aromatic N) is 2. The summed E-state index contributed by atoms with van der Waals surface area (Å²) in [4.78, 5) is 0. The molecule has 0 spiro atoms. The summed E-state index contributed by atoms with van der Waals surface area (Å²) < 4.78 is 5.05. The summed E-state index contributed by atoms with van der Waals surface area (Å²) in [5.41, 5.74) is 5.17. The first-order chi connectivity index (χ1) is 6.22. The van der Waals surface area contributed by atoms with Crippen LogP contribution in [0.3, 0.4) is 0 Å². The van der Waals surface area contributed by atoms with Gasteiger partial charge in [0.2, 0.25) is 5.88 Å². The zero-order chi connectivity index (χ0) is 9.68. The number of nitrogens with two attached hydrogens (primary N) is 1. The van der Waals surface area contributed by atoms with Crippen molar-refractivity contribution < 1.29 is 9.84 Å². The van der Waals surface area contributed by atoms with Crippen LogP contribution in [0.4, 0.5) is 0 Å². The standard InChI is InChI=1S/C7H10ClN3O2/c8-6-1-2-7(11-10-6)13-4-5(12)3-9/h1-2,5,12H,3-4,9H2. The van der Waals surface area contributed by atoms with Gasteiger partial charge in [0.25, 0.3) is 0 Å². The number of aromatic nitrogens is 2. The minimum Gasteiger partial charge on any atom is -0.474 e. The van der Waals surface area contributed by atoms with Gasteiger partial charge in [-0.1, -0.05) is 11.6 Å². The Morgan fingerprint density at radius 2 is 2.31 bits per heavy atom. The molecule has 6 heteroatoms. The number of aliphatic hydroxyl groups excluding tert-OH is 1. The monoisotopic (exact) mass is 203 g/mol. The molecular weight excluding hydrogens is 194 g/mol. The minimum atomic E-state index is -0.683. The zero-order valence-electron chi connectivity index (χ0n) is 6.85. The highest BCUT2D eigenvalue weighted by Gasteiger charge is 2.02. The highest BCUT2D eigenvalue weighted by molar-refractivity contribution is 6.29. The topological polar surface area (TPSA) is 81.3 Å². The quantitative estimate of drug-likeness (QED) is 0.710. The molecule has 1 unspecified atom stereocenters. The van der Waals surface area contributed by atoms with Crippen molar-refractivity contribution >= 4 is 11.6 Å². The molecule has 0 aliphatic heterocycles. The molecule has 0 aromatic carbocycles. The molecule has 5 nitrogen and oxygen atoms in total. The summed E-state index contributed by atoms with van der Waals surface area (Å²) in [5.74, 6) is 0.317. The second kappa shape index (κ2) is 4.96. The Hall–Kier alpha value is -0.910. The fraction of sp³-hybridized carbons (Fsp3) is 0.429. The van der Waals surface area contributed by atoms with Gasteiger partial charge in [-0.2, -0.15) is 0 Å². The van der Waals surface area contributed by atoms with E-state index in [2.05, 4.69) is 10.2 Å². The second-order valence-corrected chi connectivity index (χ2v) is 2.78. The molecule has 0 bridgehead atoms. The Labute approximate surface area is 80.5 Å². The molecule has 13 heavy (non-hydrogen) atoms. The lowest BCUT2D eigenvalue weighted by Gasteiger charge is -2.08. The van der Waals surface area contributed by atoms with E-state index in [0.29, 0.717) is 11.0 Å². The van der Waals surface area contributed by atoms with Crippen molar-refractivity contribution in [2.45, 2.75) is 6.10 Å². The SMILES string of the molecule is NCC(O)COc1ccc(Cl)nn1. The summed E-state index contributed by atoms with van der Waals surface area (Å²) >= 11 is 5.50. The van der Waals surface area contributed by atoms with Crippen molar-refractivity contribution in [1.82, 2.24) is 10.2 Å². The molecule has 1 atom stereocenters. The van der Waals surface area contributed by atoms with E-state index in [0.717, 1.165) is 0 Å². The molecule has 0 saturated heterocycles. The van der Waals surface area contributed by atoms with Gasteiger partial charge in [-0.05, 0) is 6.07 Å². The van der Waals surface area contributed by atoms with E-state index in [4.69, 9.17) is 27.2 Å². The van der Waals surface area contributed by atoms with Gasteiger partial charge in [-0.3, -0.25) is 0 Å². The Morgan fingerprint density at radius 3 is 2.85 bits per heavy atom. The molecule has 0 fully saturated rings. The first-order valence-electron chi connectivity index (χ1n) is 3.72. The number of aliphatic hydroxyl groups is 1. The van der Waals surface area contributed by atoms with Crippen LogP contribution in [0.5, 0.6) is 5.88 Å². The molecule has 1 rings (SSSR count). The summed E-state index contributed by atoms with van der Waals surface area (Å²) in [6.45, 7) is 0.258. The van der Waals surface area contributed by atoms with Gasteiger partial charge >= 0.3 is 0 Å². The molecule has 1 heterocycles. The maximum absolute atomic E-state index is 9.05. The lowest BCUT2D eigenvalue weighted by molar-refractivity contribution is 0.111. The van der Waals surface area contributed by atoms with Crippen molar-refractivity contribution in [3.63, 3.8) is 0 Å². The number of hydrogen-bond acceptors (Lipinski definition) is 5. The van der Waals surface area contributed by atoms with Crippen LogP contribution in [0.15, 0.2) is 12.1 Å². The number of rotatable bonds is 4. The first-order valence-corrected chi connectivity index (χ1v) is 4.10.